The molecule has 0 aliphatic rings. The minimum Gasteiger partial charge on any atom is -0.436 e. The predicted octanol–water partition coefficient (Wildman–Crippen LogP) is 4.95. The van der Waals surface area contributed by atoms with Crippen molar-refractivity contribution in [2.75, 3.05) is 0 Å². The molecule has 2 N–H and O–H groups in total. The second-order valence-corrected chi connectivity index (χ2v) is 10.8. The molecule has 0 fully saturated rings. The highest BCUT2D eigenvalue weighted by Crippen LogP contribution is 2.37. The third kappa shape index (κ3) is 3.72. The number of fused-ring (bicyclic) bond motifs is 3. The molecule has 4 aromatic carbocycles. The van der Waals surface area contributed by atoms with Gasteiger partial charge in [-0.2, -0.15) is 16.8 Å². The quantitative estimate of drug-likeness (QED) is 0.303. The second-order valence-electron chi connectivity index (χ2n) is 7.95. The molecule has 2 heterocycles. The van der Waals surface area contributed by atoms with Gasteiger partial charge in [0.25, 0.3) is 20.2 Å². The third-order valence-electron chi connectivity index (χ3n) is 5.70. The van der Waals surface area contributed by atoms with Crippen LogP contribution >= 0.6 is 0 Å². The largest absolute Gasteiger partial charge is 0.436 e. The number of hydrogen-bond donors (Lipinski definition) is 2. The van der Waals surface area contributed by atoms with Crippen LogP contribution in [-0.2, 0) is 20.2 Å². The molecule has 180 valence electrons. The van der Waals surface area contributed by atoms with Gasteiger partial charge in [0.05, 0.1) is 9.79 Å². The number of benzene rings is 4. The van der Waals surface area contributed by atoms with Crippen LogP contribution in [0.4, 0.5) is 0 Å². The van der Waals surface area contributed by atoms with Crippen molar-refractivity contribution in [3.8, 4) is 22.9 Å². The molecular weight excluding hydrogens is 508 g/mol. The van der Waals surface area contributed by atoms with Crippen molar-refractivity contribution in [3.05, 3.63) is 72.8 Å². The van der Waals surface area contributed by atoms with Crippen LogP contribution < -0.4 is 0 Å². The molecule has 0 bridgehead atoms. The summed E-state index contributed by atoms with van der Waals surface area (Å²) in [6.07, 6.45) is 0. The van der Waals surface area contributed by atoms with Crippen molar-refractivity contribution in [2.24, 2.45) is 0 Å². The molecule has 2 aromatic heterocycles. The smallest absolute Gasteiger partial charge is 0.294 e. The lowest BCUT2D eigenvalue weighted by molar-refractivity contribution is 0.481. The Morgan fingerprint density at radius 1 is 0.583 bits per heavy atom. The predicted molar refractivity (Wildman–Crippen MR) is 130 cm³/mol. The molecule has 0 radical (unpaired) electrons. The maximum atomic E-state index is 11.5. The van der Waals surface area contributed by atoms with Gasteiger partial charge in [-0.3, -0.25) is 9.11 Å². The Kier molecular flexibility index (Phi) is 4.78. The number of nitrogens with zero attached hydrogens (tertiary/aromatic N) is 2. The molecule has 0 amide bonds. The van der Waals surface area contributed by atoms with E-state index in [4.69, 9.17) is 8.83 Å². The highest BCUT2D eigenvalue weighted by atomic mass is 32.2. The van der Waals surface area contributed by atoms with Gasteiger partial charge >= 0.3 is 0 Å². The first-order valence-corrected chi connectivity index (χ1v) is 13.2. The number of hydrogen-bond acceptors (Lipinski definition) is 8. The summed E-state index contributed by atoms with van der Waals surface area (Å²) in [5.74, 6) is 0.492. The van der Waals surface area contributed by atoms with E-state index in [1.54, 1.807) is 12.1 Å². The fourth-order valence-corrected chi connectivity index (χ4v) is 5.04. The van der Waals surface area contributed by atoms with E-state index in [0.29, 0.717) is 22.3 Å². The Hall–Kier alpha value is -4.10. The van der Waals surface area contributed by atoms with Crippen LogP contribution in [0.3, 0.4) is 0 Å². The Morgan fingerprint density at radius 3 is 1.39 bits per heavy atom. The molecule has 12 heteroatoms. The molecule has 0 spiro atoms. The molecule has 0 aliphatic carbocycles. The summed E-state index contributed by atoms with van der Waals surface area (Å²) >= 11 is 0. The van der Waals surface area contributed by atoms with E-state index in [2.05, 4.69) is 9.97 Å². The molecule has 0 aliphatic heterocycles. The number of oxazole rings is 2. The summed E-state index contributed by atoms with van der Waals surface area (Å²) in [5, 5.41) is 1.50. The van der Waals surface area contributed by atoms with Crippen LogP contribution in [0.25, 0.3) is 55.9 Å². The van der Waals surface area contributed by atoms with Crippen LogP contribution in [-0.4, -0.2) is 35.9 Å². The van der Waals surface area contributed by atoms with Crippen molar-refractivity contribution in [1.29, 1.82) is 0 Å². The highest BCUT2D eigenvalue weighted by Gasteiger charge is 2.19. The maximum absolute atomic E-state index is 11.5. The van der Waals surface area contributed by atoms with E-state index < -0.39 is 20.2 Å². The fourth-order valence-electron chi connectivity index (χ4n) is 4.04. The first-order chi connectivity index (χ1) is 17.1. The Labute approximate surface area is 203 Å². The van der Waals surface area contributed by atoms with Crippen molar-refractivity contribution < 1.29 is 34.8 Å². The highest BCUT2D eigenvalue weighted by molar-refractivity contribution is 7.86. The Bertz CT molecular complexity index is 1910. The first kappa shape index (κ1) is 22.4. The van der Waals surface area contributed by atoms with Gasteiger partial charge < -0.3 is 8.83 Å². The van der Waals surface area contributed by atoms with Gasteiger partial charge in [-0.05, 0) is 59.3 Å². The van der Waals surface area contributed by atoms with E-state index in [-0.39, 0.29) is 32.6 Å². The van der Waals surface area contributed by atoms with Crippen molar-refractivity contribution in [3.63, 3.8) is 0 Å². The molecule has 0 saturated heterocycles. The van der Waals surface area contributed by atoms with E-state index in [1.165, 1.54) is 36.4 Å². The van der Waals surface area contributed by atoms with Crippen molar-refractivity contribution in [1.82, 2.24) is 9.97 Å². The lowest BCUT2D eigenvalue weighted by atomic mass is 9.99. The van der Waals surface area contributed by atoms with Crippen LogP contribution in [0.5, 0.6) is 0 Å². The van der Waals surface area contributed by atoms with E-state index in [9.17, 15) is 25.9 Å². The molecule has 6 aromatic rings. The van der Waals surface area contributed by atoms with Crippen LogP contribution in [0.15, 0.2) is 91.4 Å². The molecule has 0 unspecified atom stereocenters. The average Bonchev–Trinajstić information content (AvgIpc) is 3.45. The third-order valence-corrected chi connectivity index (χ3v) is 7.40. The lowest BCUT2D eigenvalue weighted by Gasteiger charge is -2.07. The van der Waals surface area contributed by atoms with Gasteiger partial charge in [0, 0.05) is 11.1 Å². The van der Waals surface area contributed by atoms with Gasteiger partial charge in [0.15, 0.2) is 11.2 Å². The first-order valence-electron chi connectivity index (χ1n) is 10.4. The van der Waals surface area contributed by atoms with Gasteiger partial charge in [0.1, 0.15) is 11.0 Å². The molecule has 0 saturated carbocycles. The molecule has 6 rings (SSSR count). The van der Waals surface area contributed by atoms with E-state index in [0.717, 1.165) is 10.8 Å². The maximum Gasteiger partial charge on any atom is 0.294 e. The average molecular weight is 523 g/mol. The molecule has 0 atom stereocenters. The Balaban J connectivity index is 1.51. The zero-order valence-corrected chi connectivity index (χ0v) is 19.6. The summed E-state index contributed by atoms with van der Waals surface area (Å²) < 4.78 is 76.2. The minimum atomic E-state index is -4.39. The summed E-state index contributed by atoms with van der Waals surface area (Å²) in [7, 11) is -8.78. The van der Waals surface area contributed by atoms with Gasteiger partial charge in [-0.1, -0.05) is 24.3 Å². The monoisotopic (exact) mass is 522 g/mol. The summed E-state index contributed by atoms with van der Waals surface area (Å²) in [5.41, 5.74) is 2.48. The van der Waals surface area contributed by atoms with Crippen molar-refractivity contribution >= 4 is 53.2 Å². The molecule has 36 heavy (non-hydrogen) atoms. The Morgan fingerprint density at radius 2 is 1.00 bits per heavy atom. The van der Waals surface area contributed by atoms with E-state index in [1.807, 2.05) is 24.3 Å². The van der Waals surface area contributed by atoms with Crippen LogP contribution in [0, 0.1) is 0 Å². The van der Waals surface area contributed by atoms with Crippen LogP contribution in [0.2, 0.25) is 0 Å². The summed E-state index contributed by atoms with van der Waals surface area (Å²) in [6.45, 7) is 0. The molecule has 10 nitrogen and oxygen atoms in total. The van der Waals surface area contributed by atoms with E-state index >= 15 is 0 Å². The standard InChI is InChI=1S/C24H14N2O8S2/c27-35(28,29)13-5-9-21-19(11-13)25-23(33-21)17-7-8-18(16-4-2-1-3-15(16)17)24-26-20-12-14(36(30,31)32)6-10-22(20)34-24/h1-12H,(H,27,28,29)(H,30,31,32). The SMILES string of the molecule is O=S(=O)(O)c1ccc2oc(-c3ccc(-c4nc5cc(S(=O)(=O)O)ccc5o4)c4ccccc34)nc2c1. The zero-order chi connectivity index (χ0) is 25.2. The minimum absolute atomic E-state index is 0.246. The number of rotatable bonds is 4. The number of aromatic nitrogens is 2. The lowest BCUT2D eigenvalue weighted by Crippen LogP contribution is -1.97. The zero-order valence-electron chi connectivity index (χ0n) is 18.0. The van der Waals surface area contributed by atoms with Gasteiger partial charge in [-0.25, -0.2) is 9.97 Å². The second kappa shape index (κ2) is 7.70. The summed E-state index contributed by atoms with van der Waals surface area (Å²) in [4.78, 5) is 8.25. The van der Waals surface area contributed by atoms with Gasteiger partial charge in [-0.15, -0.1) is 0 Å². The normalized spacial score (nSPS) is 12.6. The molecular formula is C24H14N2O8S2. The van der Waals surface area contributed by atoms with Gasteiger partial charge in [0.2, 0.25) is 11.8 Å². The fraction of sp³-hybridized carbons (Fsp3) is 0. The van der Waals surface area contributed by atoms with Crippen molar-refractivity contribution in [2.45, 2.75) is 9.79 Å². The topological polar surface area (TPSA) is 161 Å². The summed E-state index contributed by atoms with van der Waals surface area (Å²) in [6, 6.07) is 18.6. The van der Waals surface area contributed by atoms with Crippen LogP contribution in [0.1, 0.15) is 0 Å².